The highest BCUT2D eigenvalue weighted by Crippen LogP contribution is 2.13. The van der Waals surface area contributed by atoms with Crippen molar-refractivity contribution in [2.75, 3.05) is 39.3 Å². The molecule has 6 amide bonds. The van der Waals surface area contributed by atoms with Crippen molar-refractivity contribution in [1.82, 2.24) is 26.6 Å². The number of carbonyl (C=O) groups is 6. The summed E-state index contributed by atoms with van der Waals surface area (Å²) in [6.45, 7) is 3.35. The SMILES string of the molecule is NCCCC[C@H](NC(=O)CCCCCCCCCCCNC(=O)[C@H](CCCCN)NC(=O)[C@H](CCCCN)NC(=O)CCCCCCCCCCCNC(=O)[C@@H](N)CCCCN)C(N)=O. The zero-order valence-corrected chi connectivity index (χ0v) is 40.6. The van der Waals surface area contributed by atoms with Crippen molar-refractivity contribution in [2.45, 2.75) is 230 Å². The molecule has 65 heavy (non-hydrogen) atoms. The van der Waals surface area contributed by atoms with E-state index in [1.807, 2.05) is 0 Å². The van der Waals surface area contributed by atoms with Gasteiger partial charge in [-0.2, -0.15) is 0 Å². The third kappa shape index (κ3) is 37.4. The summed E-state index contributed by atoms with van der Waals surface area (Å²) < 4.78 is 0. The van der Waals surface area contributed by atoms with Gasteiger partial charge in [-0.25, -0.2) is 0 Å². The third-order valence-electron chi connectivity index (χ3n) is 11.9. The third-order valence-corrected chi connectivity index (χ3v) is 11.9. The number of nitrogens with two attached hydrogens (primary N) is 6. The van der Waals surface area contributed by atoms with Crippen LogP contribution in [0.2, 0.25) is 0 Å². The maximum Gasteiger partial charge on any atom is 0.243 e. The van der Waals surface area contributed by atoms with E-state index in [4.69, 9.17) is 34.4 Å². The maximum absolute atomic E-state index is 13.5. The first-order valence-electron chi connectivity index (χ1n) is 25.8. The molecule has 17 N–H and O–H groups in total. The minimum Gasteiger partial charge on any atom is -0.368 e. The predicted octanol–water partition coefficient (Wildman–Crippen LogP) is 3.80. The van der Waals surface area contributed by atoms with Crippen LogP contribution in [-0.2, 0) is 28.8 Å². The van der Waals surface area contributed by atoms with Gasteiger partial charge < -0.3 is 61.0 Å². The van der Waals surface area contributed by atoms with E-state index in [0.717, 1.165) is 154 Å². The van der Waals surface area contributed by atoms with E-state index in [1.165, 1.54) is 0 Å². The molecule has 0 aliphatic carbocycles. The van der Waals surface area contributed by atoms with Gasteiger partial charge in [-0.1, -0.05) is 96.3 Å². The maximum atomic E-state index is 13.5. The quantitative estimate of drug-likeness (QED) is 0.0390. The number of rotatable bonds is 47. The Morgan fingerprint density at radius 2 is 0.662 bits per heavy atom. The number of primary amides is 1. The summed E-state index contributed by atoms with van der Waals surface area (Å²) >= 11 is 0. The van der Waals surface area contributed by atoms with Gasteiger partial charge in [-0.05, 0) is 122 Å². The largest absolute Gasteiger partial charge is 0.368 e. The Labute approximate surface area is 393 Å². The summed E-state index contributed by atoms with van der Waals surface area (Å²) in [6.07, 6.45) is 27.3. The fraction of sp³-hybridized carbons (Fsp3) is 0.875. The monoisotopic (exact) mass is 924 g/mol. The molecule has 17 nitrogen and oxygen atoms in total. The first-order chi connectivity index (χ1) is 31.5. The van der Waals surface area contributed by atoms with Gasteiger partial charge in [0.2, 0.25) is 35.4 Å². The van der Waals surface area contributed by atoms with Crippen molar-refractivity contribution in [2.24, 2.45) is 34.4 Å². The van der Waals surface area contributed by atoms with Crippen LogP contribution in [0.15, 0.2) is 0 Å². The van der Waals surface area contributed by atoms with Crippen LogP contribution in [-0.4, -0.2) is 98.9 Å². The molecule has 0 saturated carbocycles. The lowest BCUT2D eigenvalue weighted by molar-refractivity contribution is -0.132. The Morgan fingerprint density at radius 1 is 0.338 bits per heavy atom. The van der Waals surface area contributed by atoms with Crippen molar-refractivity contribution in [3.8, 4) is 0 Å². The van der Waals surface area contributed by atoms with Gasteiger partial charge in [0.15, 0.2) is 0 Å². The molecule has 0 aromatic heterocycles. The molecule has 0 heterocycles. The molecule has 0 unspecified atom stereocenters. The van der Waals surface area contributed by atoms with Gasteiger partial charge in [0, 0.05) is 25.9 Å². The summed E-state index contributed by atoms with van der Waals surface area (Å²) in [5.41, 5.74) is 33.8. The molecule has 0 bridgehead atoms. The number of nitrogens with one attached hydrogen (secondary N) is 5. The molecule has 0 spiro atoms. The molecular formula is C48H97N11O6. The van der Waals surface area contributed by atoms with Crippen molar-refractivity contribution < 1.29 is 28.8 Å². The molecule has 0 aliphatic heterocycles. The first kappa shape index (κ1) is 61.6. The second-order valence-electron chi connectivity index (χ2n) is 17.9. The molecule has 380 valence electrons. The van der Waals surface area contributed by atoms with Gasteiger partial charge in [0.1, 0.15) is 18.1 Å². The van der Waals surface area contributed by atoms with Crippen LogP contribution in [0.5, 0.6) is 0 Å². The number of unbranched alkanes of at least 4 members (excludes halogenated alkanes) is 20. The highest BCUT2D eigenvalue weighted by atomic mass is 16.2. The molecule has 0 fully saturated rings. The zero-order chi connectivity index (χ0) is 48.2. The van der Waals surface area contributed by atoms with Crippen molar-refractivity contribution in [1.29, 1.82) is 0 Å². The molecule has 4 atom stereocenters. The van der Waals surface area contributed by atoms with Gasteiger partial charge in [-0.3, -0.25) is 28.8 Å². The van der Waals surface area contributed by atoms with Crippen molar-refractivity contribution in [3.05, 3.63) is 0 Å². The lowest BCUT2D eigenvalue weighted by Crippen LogP contribution is -2.53. The molecule has 0 rings (SSSR count). The van der Waals surface area contributed by atoms with E-state index < -0.39 is 30.1 Å². The average molecular weight is 924 g/mol. The fourth-order valence-corrected chi connectivity index (χ4v) is 7.72. The van der Waals surface area contributed by atoms with E-state index in [2.05, 4.69) is 26.6 Å². The highest BCUT2D eigenvalue weighted by molar-refractivity contribution is 5.92. The number of hydrogen-bond acceptors (Lipinski definition) is 11. The van der Waals surface area contributed by atoms with E-state index in [9.17, 15) is 28.8 Å². The first-order valence-corrected chi connectivity index (χ1v) is 25.8. The molecule has 0 aromatic rings. The van der Waals surface area contributed by atoms with Gasteiger partial charge in [-0.15, -0.1) is 0 Å². The Kier molecular flexibility index (Phi) is 42.1. The van der Waals surface area contributed by atoms with E-state index in [-0.39, 0.29) is 29.5 Å². The number of carbonyl (C=O) groups excluding carboxylic acids is 6. The van der Waals surface area contributed by atoms with Gasteiger partial charge >= 0.3 is 0 Å². The zero-order valence-electron chi connectivity index (χ0n) is 40.6. The smallest absolute Gasteiger partial charge is 0.243 e. The van der Waals surface area contributed by atoms with Gasteiger partial charge in [0.25, 0.3) is 0 Å². The normalized spacial score (nSPS) is 13.1. The van der Waals surface area contributed by atoms with E-state index >= 15 is 0 Å². The average Bonchev–Trinajstić information content (AvgIpc) is 3.28. The Bertz CT molecular complexity index is 1230. The topological polar surface area (TPSA) is 319 Å². The summed E-state index contributed by atoms with van der Waals surface area (Å²) in [5.74, 6) is -1.44. The van der Waals surface area contributed by atoms with Crippen LogP contribution in [0, 0.1) is 0 Å². The molecule has 0 aliphatic rings. The lowest BCUT2D eigenvalue weighted by Gasteiger charge is -2.23. The minimum absolute atomic E-state index is 0.0780. The molecule has 0 radical (unpaired) electrons. The van der Waals surface area contributed by atoms with Crippen LogP contribution in [0.3, 0.4) is 0 Å². The second kappa shape index (κ2) is 44.5. The van der Waals surface area contributed by atoms with Crippen LogP contribution >= 0.6 is 0 Å². The van der Waals surface area contributed by atoms with Crippen molar-refractivity contribution >= 4 is 35.4 Å². The minimum atomic E-state index is -0.734. The lowest BCUT2D eigenvalue weighted by atomic mass is 10.0. The molecule has 0 aromatic carbocycles. The molecule has 17 heteroatoms. The second-order valence-corrected chi connectivity index (χ2v) is 17.9. The fourth-order valence-electron chi connectivity index (χ4n) is 7.72. The Hall–Kier alpha value is -3.38. The summed E-state index contributed by atoms with van der Waals surface area (Å²) in [7, 11) is 0. The van der Waals surface area contributed by atoms with E-state index in [0.29, 0.717) is 90.6 Å². The predicted molar refractivity (Wildman–Crippen MR) is 263 cm³/mol. The summed E-state index contributed by atoms with van der Waals surface area (Å²) in [5, 5.41) is 14.6. The van der Waals surface area contributed by atoms with Crippen LogP contribution in [0.4, 0.5) is 0 Å². The molecular weight excluding hydrogens is 827 g/mol. The van der Waals surface area contributed by atoms with Crippen molar-refractivity contribution in [3.63, 3.8) is 0 Å². The molecule has 0 saturated heterocycles. The van der Waals surface area contributed by atoms with Crippen LogP contribution in [0.25, 0.3) is 0 Å². The number of hydrogen-bond donors (Lipinski definition) is 11. The number of amides is 6. The van der Waals surface area contributed by atoms with Gasteiger partial charge in [0.05, 0.1) is 6.04 Å². The summed E-state index contributed by atoms with van der Waals surface area (Å²) in [6, 6.07) is -2.53. The standard InChI is InChI=1S/C48H97N11O6/c49-33-21-17-27-39(53)46(63)55-37-25-13-9-5-1-4-8-12-16-32-44(61)58-42(30-20-24-36-52)48(65)59-41(29-19-23-35-51)47(64)56-38-26-14-10-6-2-3-7-11-15-31-43(60)57-40(45(54)62)28-18-22-34-50/h39-42H,1-38,49-53H2,(H2,54,62)(H,55,63)(H,56,64)(H,57,60)(H,58,61)(H,59,65)/t39-,40-,41-,42-/m0/s1. The van der Waals surface area contributed by atoms with Crippen LogP contribution < -0.4 is 61.0 Å². The Morgan fingerprint density at radius 3 is 1.06 bits per heavy atom. The highest BCUT2D eigenvalue weighted by Gasteiger charge is 2.26. The Balaban J connectivity index is 4.44. The van der Waals surface area contributed by atoms with E-state index in [1.54, 1.807) is 0 Å². The van der Waals surface area contributed by atoms with Crippen LogP contribution in [0.1, 0.15) is 205 Å². The summed E-state index contributed by atoms with van der Waals surface area (Å²) in [4.78, 5) is 75.7.